The molecule has 2 N–H and O–H groups in total. The number of carbonyl (C=O) groups excluding carboxylic acids is 1. The van der Waals surface area contributed by atoms with Gasteiger partial charge in [-0.05, 0) is 13.0 Å². The molecule has 16 heavy (non-hydrogen) atoms. The molecule has 1 aromatic rings. The number of halogens is 2. The number of carbonyl (C=O) groups is 1. The Morgan fingerprint density at radius 2 is 2.25 bits per heavy atom. The van der Waals surface area contributed by atoms with Crippen molar-refractivity contribution in [1.82, 2.24) is 0 Å². The maximum absolute atomic E-state index is 12.9. The highest BCUT2D eigenvalue weighted by Gasteiger charge is 2.23. The van der Waals surface area contributed by atoms with Gasteiger partial charge in [-0.2, -0.15) is 0 Å². The number of benzene rings is 1. The van der Waals surface area contributed by atoms with E-state index in [4.69, 9.17) is 11.6 Å². The molecule has 0 bridgehead atoms. The molecule has 0 amide bonds. The number of phenolic OH excluding ortho intramolecular Hbond substituents is 1. The Balaban J connectivity index is 3.04. The second-order valence-corrected chi connectivity index (χ2v) is 3.39. The molecule has 1 atom stereocenters. The van der Waals surface area contributed by atoms with E-state index in [0.717, 1.165) is 12.1 Å². The van der Waals surface area contributed by atoms with Gasteiger partial charge in [-0.25, -0.2) is 9.18 Å². The predicted molar refractivity (Wildman–Crippen MR) is 54.7 cm³/mol. The SMILES string of the molecule is CCOC(=O)C(O)c1cc(Cl)c(F)cc1O. The summed E-state index contributed by atoms with van der Waals surface area (Å²) < 4.78 is 17.4. The summed E-state index contributed by atoms with van der Waals surface area (Å²) in [5.74, 6) is -2.32. The number of phenols is 1. The van der Waals surface area contributed by atoms with Crippen molar-refractivity contribution in [1.29, 1.82) is 0 Å². The van der Waals surface area contributed by atoms with Crippen LogP contribution >= 0.6 is 11.6 Å². The van der Waals surface area contributed by atoms with Crippen LogP contribution in [0.4, 0.5) is 4.39 Å². The Kier molecular flexibility index (Phi) is 4.09. The third kappa shape index (κ3) is 2.62. The first-order chi connectivity index (χ1) is 7.47. The van der Waals surface area contributed by atoms with Crippen molar-refractivity contribution in [2.75, 3.05) is 6.61 Å². The Bertz CT molecular complexity index is 408. The molecule has 0 aromatic heterocycles. The zero-order chi connectivity index (χ0) is 12.3. The van der Waals surface area contributed by atoms with Gasteiger partial charge in [0.1, 0.15) is 11.6 Å². The molecule has 0 aliphatic rings. The molecule has 1 aromatic carbocycles. The van der Waals surface area contributed by atoms with Crippen molar-refractivity contribution in [2.24, 2.45) is 0 Å². The molecule has 88 valence electrons. The lowest BCUT2D eigenvalue weighted by Crippen LogP contribution is -2.15. The smallest absolute Gasteiger partial charge is 0.339 e. The first kappa shape index (κ1) is 12.7. The summed E-state index contributed by atoms with van der Waals surface area (Å²) in [4.78, 5) is 11.2. The molecule has 0 radical (unpaired) electrons. The number of hydrogen-bond acceptors (Lipinski definition) is 4. The molecule has 0 aliphatic heterocycles. The number of rotatable bonds is 3. The minimum absolute atomic E-state index is 0.0889. The zero-order valence-corrected chi connectivity index (χ0v) is 9.16. The zero-order valence-electron chi connectivity index (χ0n) is 8.41. The van der Waals surface area contributed by atoms with E-state index in [1.54, 1.807) is 6.92 Å². The molecule has 0 saturated heterocycles. The van der Waals surface area contributed by atoms with E-state index in [2.05, 4.69) is 4.74 Å². The van der Waals surface area contributed by atoms with Gasteiger partial charge in [0.15, 0.2) is 6.10 Å². The summed E-state index contributed by atoms with van der Waals surface area (Å²) >= 11 is 5.46. The van der Waals surface area contributed by atoms with Crippen LogP contribution < -0.4 is 0 Å². The number of aromatic hydroxyl groups is 1. The minimum Gasteiger partial charge on any atom is -0.507 e. The molecule has 1 rings (SSSR count). The Morgan fingerprint density at radius 1 is 1.62 bits per heavy atom. The molecule has 4 nitrogen and oxygen atoms in total. The van der Waals surface area contributed by atoms with Gasteiger partial charge in [0.25, 0.3) is 0 Å². The van der Waals surface area contributed by atoms with Gasteiger partial charge < -0.3 is 14.9 Å². The van der Waals surface area contributed by atoms with Crippen molar-refractivity contribution < 1.29 is 24.1 Å². The average molecular weight is 249 g/mol. The van der Waals surface area contributed by atoms with Crippen molar-refractivity contribution in [2.45, 2.75) is 13.0 Å². The predicted octanol–water partition coefficient (Wildman–Crippen LogP) is 1.78. The number of aliphatic hydroxyl groups is 1. The van der Waals surface area contributed by atoms with Gasteiger partial charge in [0.2, 0.25) is 0 Å². The molecule has 1 unspecified atom stereocenters. The third-order valence-electron chi connectivity index (χ3n) is 1.87. The summed E-state index contributed by atoms with van der Waals surface area (Å²) in [6, 6.07) is 1.70. The van der Waals surface area contributed by atoms with E-state index in [9.17, 15) is 19.4 Å². The van der Waals surface area contributed by atoms with Gasteiger partial charge in [0.05, 0.1) is 11.6 Å². The molecule has 6 heteroatoms. The highest BCUT2D eigenvalue weighted by atomic mass is 35.5. The average Bonchev–Trinajstić information content (AvgIpc) is 2.23. The quantitative estimate of drug-likeness (QED) is 0.801. The van der Waals surface area contributed by atoms with Crippen LogP contribution in [0, 0.1) is 5.82 Å². The summed E-state index contributed by atoms with van der Waals surface area (Å²) in [6.45, 7) is 1.66. The van der Waals surface area contributed by atoms with Crippen LogP contribution in [0.3, 0.4) is 0 Å². The van der Waals surface area contributed by atoms with E-state index in [0.29, 0.717) is 0 Å². The number of ether oxygens (including phenoxy) is 1. The lowest BCUT2D eigenvalue weighted by molar-refractivity contribution is -0.153. The first-order valence-corrected chi connectivity index (χ1v) is 4.87. The topological polar surface area (TPSA) is 66.8 Å². The Morgan fingerprint density at radius 3 is 2.81 bits per heavy atom. The summed E-state index contributed by atoms with van der Waals surface area (Å²) in [7, 11) is 0. The number of esters is 1. The summed E-state index contributed by atoms with van der Waals surface area (Å²) in [5.41, 5.74) is -0.190. The van der Waals surface area contributed by atoms with Crippen LogP contribution in [0.2, 0.25) is 5.02 Å². The molecule has 0 heterocycles. The number of hydrogen-bond donors (Lipinski definition) is 2. The Labute approximate surface area is 96.2 Å². The third-order valence-corrected chi connectivity index (χ3v) is 2.16. The summed E-state index contributed by atoms with van der Waals surface area (Å²) in [6.07, 6.45) is -1.68. The van der Waals surface area contributed by atoms with Gasteiger partial charge in [-0.3, -0.25) is 0 Å². The van der Waals surface area contributed by atoms with Crippen LogP contribution in [0.1, 0.15) is 18.6 Å². The number of aliphatic hydroxyl groups excluding tert-OH is 1. The van der Waals surface area contributed by atoms with Crippen molar-refractivity contribution in [3.63, 3.8) is 0 Å². The second kappa shape index (κ2) is 5.14. The van der Waals surface area contributed by atoms with Crippen molar-refractivity contribution in [3.8, 4) is 5.75 Å². The second-order valence-electron chi connectivity index (χ2n) is 2.98. The lowest BCUT2D eigenvalue weighted by atomic mass is 10.1. The minimum atomic E-state index is -1.68. The van der Waals surface area contributed by atoms with Crippen molar-refractivity contribution in [3.05, 3.63) is 28.5 Å². The normalized spacial score (nSPS) is 12.2. The highest BCUT2D eigenvalue weighted by Crippen LogP contribution is 2.30. The highest BCUT2D eigenvalue weighted by molar-refractivity contribution is 6.30. The van der Waals surface area contributed by atoms with Crippen LogP contribution in [0.5, 0.6) is 5.75 Å². The fourth-order valence-corrected chi connectivity index (χ4v) is 1.29. The maximum atomic E-state index is 12.9. The van der Waals surface area contributed by atoms with Gasteiger partial charge >= 0.3 is 5.97 Å². The van der Waals surface area contributed by atoms with Crippen LogP contribution in [0.15, 0.2) is 12.1 Å². The van der Waals surface area contributed by atoms with Gasteiger partial charge in [-0.15, -0.1) is 0 Å². The molecule has 0 aliphatic carbocycles. The van der Waals surface area contributed by atoms with E-state index in [1.165, 1.54) is 0 Å². The fourth-order valence-electron chi connectivity index (χ4n) is 1.12. The molecule has 0 saturated carbocycles. The summed E-state index contributed by atoms with van der Waals surface area (Å²) in [5, 5.41) is 18.5. The van der Waals surface area contributed by atoms with Crippen LogP contribution in [0.25, 0.3) is 0 Å². The first-order valence-electron chi connectivity index (χ1n) is 4.50. The largest absolute Gasteiger partial charge is 0.507 e. The molecular formula is C10H10ClFO4. The monoisotopic (exact) mass is 248 g/mol. The standard InChI is InChI=1S/C10H10ClFO4/c1-2-16-10(15)9(14)5-3-6(11)7(12)4-8(5)13/h3-4,9,13-14H,2H2,1H3. The molecule has 0 fully saturated rings. The van der Waals surface area contributed by atoms with E-state index < -0.39 is 23.6 Å². The van der Waals surface area contributed by atoms with E-state index >= 15 is 0 Å². The maximum Gasteiger partial charge on any atom is 0.339 e. The van der Waals surface area contributed by atoms with Gasteiger partial charge in [-0.1, -0.05) is 11.6 Å². The molecular weight excluding hydrogens is 239 g/mol. The van der Waals surface area contributed by atoms with Crippen LogP contribution in [-0.4, -0.2) is 22.8 Å². The fraction of sp³-hybridized carbons (Fsp3) is 0.300. The van der Waals surface area contributed by atoms with Gasteiger partial charge in [0, 0.05) is 11.6 Å². The molecule has 0 spiro atoms. The lowest BCUT2D eigenvalue weighted by Gasteiger charge is -2.12. The Hall–Kier alpha value is -1.33. The van der Waals surface area contributed by atoms with E-state index in [-0.39, 0.29) is 17.2 Å². The van der Waals surface area contributed by atoms with Crippen molar-refractivity contribution >= 4 is 17.6 Å². The van der Waals surface area contributed by atoms with E-state index in [1.807, 2.05) is 0 Å². The van der Waals surface area contributed by atoms with Crippen LogP contribution in [-0.2, 0) is 9.53 Å².